The van der Waals surface area contributed by atoms with Crippen LogP contribution < -0.4 is 5.73 Å². The molecule has 1 heterocycles. The zero-order valence-electron chi connectivity index (χ0n) is 16.7. The third-order valence-corrected chi connectivity index (χ3v) is 5.84. The van der Waals surface area contributed by atoms with Gasteiger partial charge in [-0.2, -0.15) is 0 Å². The maximum atomic E-state index is 12.1. The van der Waals surface area contributed by atoms with E-state index in [1.54, 1.807) is 11.7 Å². The topological polar surface area (TPSA) is 99.7 Å². The fraction of sp³-hybridized carbons (Fsp3) is 0.304. The number of carbonyl (C=O) groups is 1. The van der Waals surface area contributed by atoms with Gasteiger partial charge in [-0.3, -0.25) is 9.88 Å². The Bertz CT molecular complexity index is 891. The highest BCUT2D eigenvalue weighted by atomic mass is 32.1. The zero-order chi connectivity index (χ0) is 21.3. The fourth-order valence-electron chi connectivity index (χ4n) is 3.59. The van der Waals surface area contributed by atoms with Crippen molar-refractivity contribution in [1.29, 1.82) is 0 Å². The van der Waals surface area contributed by atoms with E-state index in [1.807, 2.05) is 60.7 Å². The molecule has 3 rings (SSSR count). The smallest absolute Gasteiger partial charge is 0.407 e. The number of nitrogens with zero attached hydrogens (tertiary/aromatic N) is 2. The van der Waals surface area contributed by atoms with Gasteiger partial charge in [0.05, 0.1) is 24.2 Å². The number of rotatable bonds is 10. The van der Waals surface area contributed by atoms with Crippen molar-refractivity contribution in [2.24, 2.45) is 5.73 Å². The minimum atomic E-state index is -1.07. The normalized spacial score (nSPS) is 14.1. The summed E-state index contributed by atoms with van der Waals surface area (Å²) in [4.78, 5) is 18.3. The lowest BCUT2D eigenvalue weighted by Gasteiger charge is -2.34. The summed E-state index contributed by atoms with van der Waals surface area (Å²) in [6, 6.07) is 18.6. The first-order valence-electron chi connectivity index (χ1n) is 9.91. The second-order valence-electron chi connectivity index (χ2n) is 7.39. The van der Waals surface area contributed by atoms with E-state index in [0.29, 0.717) is 19.3 Å². The number of benzene rings is 2. The predicted molar refractivity (Wildman–Crippen MR) is 118 cm³/mol. The van der Waals surface area contributed by atoms with Crippen molar-refractivity contribution in [3.63, 3.8) is 0 Å². The minimum Gasteiger partial charge on any atom is -0.465 e. The molecule has 4 N–H and O–H groups in total. The van der Waals surface area contributed by atoms with E-state index in [4.69, 9.17) is 5.73 Å². The Balaban J connectivity index is 1.77. The lowest BCUT2D eigenvalue weighted by molar-refractivity contribution is 0.0366. The van der Waals surface area contributed by atoms with Gasteiger partial charge in [-0.05, 0) is 30.4 Å². The van der Waals surface area contributed by atoms with Crippen LogP contribution in [0, 0.1) is 0 Å². The highest BCUT2D eigenvalue weighted by Gasteiger charge is 2.31. The summed E-state index contributed by atoms with van der Waals surface area (Å²) >= 11 is 1.40. The Labute approximate surface area is 180 Å². The molecular weight excluding hydrogens is 398 g/mol. The van der Waals surface area contributed by atoms with E-state index in [0.717, 1.165) is 16.0 Å². The number of hydrogen-bond acceptors (Lipinski definition) is 5. The average molecular weight is 426 g/mol. The van der Waals surface area contributed by atoms with Crippen LogP contribution in [0.1, 0.15) is 22.4 Å². The first-order chi connectivity index (χ1) is 14.5. The summed E-state index contributed by atoms with van der Waals surface area (Å²) in [6.45, 7) is 0.183. The fourth-order valence-corrected chi connectivity index (χ4v) is 4.18. The molecule has 0 aliphatic rings. The van der Waals surface area contributed by atoms with E-state index in [-0.39, 0.29) is 12.6 Å². The van der Waals surface area contributed by atoms with Gasteiger partial charge in [0.2, 0.25) is 0 Å². The van der Waals surface area contributed by atoms with E-state index < -0.39 is 18.2 Å². The molecule has 3 atom stereocenters. The van der Waals surface area contributed by atoms with Gasteiger partial charge in [0.1, 0.15) is 0 Å². The molecule has 2 aromatic carbocycles. The Morgan fingerprint density at radius 3 is 2.17 bits per heavy atom. The minimum absolute atomic E-state index is 0.183. The molecule has 30 heavy (non-hydrogen) atoms. The first kappa shape index (κ1) is 22.0. The van der Waals surface area contributed by atoms with Crippen molar-refractivity contribution in [3.05, 3.63) is 88.4 Å². The molecule has 0 unspecified atom stereocenters. The van der Waals surface area contributed by atoms with E-state index >= 15 is 0 Å². The molecule has 0 aliphatic heterocycles. The quantitative estimate of drug-likeness (QED) is 0.461. The summed E-state index contributed by atoms with van der Waals surface area (Å²) in [5, 5.41) is 21.0. The van der Waals surface area contributed by atoms with Gasteiger partial charge in [-0.25, -0.2) is 4.79 Å². The molecule has 0 radical (unpaired) electrons. The highest BCUT2D eigenvalue weighted by Crippen LogP contribution is 2.21. The van der Waals surface area contributed by atoms with Crippen LogP contribution in [0.4, 0.5) is 4.79 Å². The maximum Gasteiger partial charge on any atom is 0.407 e. The van der Waals surface area contributed by atoms with E-state index in [1.165, 1.54) is 16.2 Å². The lowest BCUT2D eigenvalue weighted by Crippen LogP contribution is -2.49. The third kappa shape index (κ3) is 6.38. The number of hydrogen-bond donors (Lipinski definition) is 3. The second-order valence-corrected chi connectivity index (χ2v) is 8.36. The Morgan fingerprint density at radius 1 is 1.03 bits per heavy atom. The van der Waals surface area contributed by atoms with Crippen LogP contribution in [-0.4, -0.2) is 44.4 Å². The van der Waals surface area contributed by atoms with Crippen LogP contribution in [0.2, 0.25) is 0 Å². The van der Waals surface area contributed by atoms with Crippen molar-refractivity contribution in [2.45, 2.75) is 44.0 Å². The third-order valence-electron chi connectivity index (χ3n) is 5.07. The van der Waals surface area contributed by atoms with Gasteiger partial charge in [0.15, 0.2) is 0 Å². The molecule has 0 spiro atoms. The SMILES string of the molecule is N[C@@H](Cc1ccccc1)C[C@@H](O)[C@H](Cc1ccccc1)N(Cc1cncs1)C(=O)O. The van der Waals surface area contributed by atoms with Crippen LogP contribution in [0.3, 0.4) is 0 Å². The number of nitrogens with two attached hydrogens (primary N) is 1. The van der Waals surface area contributed by atoms with Crippen molar-refractivity contribution in [1.82, 2.24) is 9.88 Å². The number of aliphatic hydroxyl groups excluding tert-OH is 1. The highest BCUT2D eigenvalue weighted by molar-refractivity contribution is 7.09. The second kappa shape index (κ2) is 10.9. The molecule has 1 amide bonds. The molecule has 1 aromatic heterocycles. The molecule has 0 bridgehead atoms. The summed E-state index contributed by atoms with van der Waals surface area (Å²) in [5.41, 5.74) is 10.1. The van der Waals surface area contributed by atoms with Crippen LogP contribution in [0.5, 0.6) is 0 Å². The predicted octanol–water partition coefficient (Wildman–Crippen LogP) is 3.56. The van der Waals surface area contributed by atoms with Gasteiger partial charge in [0, 0.05) is 17.1 Å². The Morgan fingerprint density at radius 2 is 1.63 bits per heavy atom. The van der Waals surface area contributed by atoms with Gasteiger partial charge in [0.25, 0.3) is 0 Å². The molecule has 6 nitrogen and oxygen atoms in total. The van der Waals surface area contributed by atoms with Gasteiger partial charge < -0.3 is 15.9 Å². The number of aliphatic hydroxyl groups is 1. The van der Waals surface area contributed by atoms with Crippen LogP contribution >= 0.6 is 11.3 Å². The molecule has 0 saturated heterocycles. The van der Waals surface area contributed by atoms with Crippen molar-refractivity contribution < 1.29 is 15.0 Å². The van der Waals surface area contributed by atoms with Gasteiger partial charge in [-0.15, -0.1) is 11.3 Å². The molecule has 3 aromatic rings. The maximum absolute atomic E-state index is 12.1. The standard InChI is InChI=1S/C23H27N3O3S/c24-19(11-17-7-3-1-4-8-17)13-22(27)21(12-18-9-5-2-6-10-18)26(23(28)29)15-20-14-25-16-30-20/h1-10,14,16,19,21-22,27H,11-13,15,24H2,(H,28,29)/t19-,21-,22+/m0/s1. The Hall–Kier alpha value is -2.74. The van der Waals surface area contributed by atoms with E-state index in [9.17, 15) is 15.0 Å². The average Bonchev–Trinajstić information content (AvgIpc) is 3.25. The van der Waals surface area contributed by atoms with E-state index in [2.05, 4.69) is 4.98 Å². The van der Waals surface area contributed by atoms with Gasteiger partial charge >= 0.3 is 6.09 Å². The first-order valence-corrected chi connectivity index (χ1v) is 10.8. The van der Waals surface area contributed by atoms with Crippen molar-refractivity contribution in [3.8, 4) is 0 Å². The van der Waals surface area contributed by atoms with Crippen molar-refractivity contribution >= 4 is 17.4 Å². The molecule has 0 aliphatic carbocycles. The number of amides is 1. The summed E-state index contributed by atoms with van der Waals surface area (Å²) in [6.07, 6.45) is 1.03. The van der Waals surface area contributed by atoms with Gasteiger partial charge in [-0.1, -0.05) is 60.7 Å². The number of carboxylic acid groups (broad SMARTS) is 1. The molecular formula is C23H27N3O3S. The molecule has 7 heteroatoms. The molecule has 0 saturated carbocycles. The summed E-state index contributed by atoms with van der Waals surface area (Å²) < 4.78 is 0. The number of aromatic nitrogens is 1. The van der Waals surface area contributed by atoms with Crippen molar-refractivity contribution in [2.75, 3.05) is 0 Å². The Kier molecular flexibility index (Phi) is 7.96. The molecule has 158 valence electrons. The summed E-state index contributed by atoms with van der Waals surface area (Å²) in [7, 11) is 0. The van der Waals surface area contributed by atoms with Crippen LogP contribution in [-0.2, 0) is 19.4 Å². The lowest BCUT2D eigenvalue weighted by atomic mass is 9.93. The van der Waals surface area contributed by atoms with Crippen LogP contribution in [0.15, 0.2) is 72.4 Å². The van der Waals surface area contributed by atoms with Crippen LogP contribution in [0.25, 0.3) is 0 Å². The largest absolute Gasteiger partial charge is 0.465 e. The number of thiazole rings is 1. The molecule has 0 fully saturated rings. The monoisotopic (exact) mass is 425 g/mol. The summed E-state index contributed by atoms with van der Waals surface area (Å²) in [5.74, 6) is 0. The zero-order valence-corrected chi connectivity index (χ0v) is 17.5.